The highest BCUT2D eigenvalue weighted by molar-refractivity contribution is 6.52. The Bertz CT molecular complexity index is 745. The van der Waals surface area contributed by atoms with Crippen LogP contribution in [0.3, 0.4) is 0 Å². The van der Waals surface area contributed by atoms with E-state index in [-0.39, 0.29) is 0 Å². The third kappa shape index (κ3) is 2.75. The highest BCUT2D eigenvalue weighted by Gasteiger charge is 2.36. The van der Waals surface area contributed by atoms with Crippen LogP contribution < -0.4 is 9.80 Å². The molecule has 0 saturated heterocycles. The van der Waals surface area contributed by atoms with Crippen LogP contribution in [-0.2, 0) is 11.3 Å². The lowest BCUT2D eigenvalue weighted by Crippen LogP contribution is -3.09. The number of hydrogen-bond donors (Lipinski definition) is 1. The number of nitrogens with zero attached hydrogens (tertiary/aromatic N) is 1. The van der Waals surface area contributed by atoms with Gasteiger partial charge in [-0.1, -0.05) is 35.9 Å². The van der Waals surface area contributed by atoms with Crippen molar-refractivity contribution in [1.29, 1.82) is 0 Å². The van der Waals surface area contributed by atoms with Crippen LogP contribution in [0.2, 0.25) is 5.02 Å². The summed E-state index contributed by atoms with van der Waals surface area (Å²) in [6.45, 7) is 1.16. The number of halogens is 1. The standard InChI is InChI=1S/C17H15ClN2O2/c1-19(10-12-5-4-6-13(18)9-12)11-20-15-8-3-2-7-14(15)16(21)17(20)22/h2-9H,10-11H2,1H3/p+1. The van der Waals surface area contributed by atoms with Gasteiger partial charge >= 0.3 is 5.91 Å². The molecule has 0 fully saturated rings. The SMILES string of the molecule is C[NH+](Cc1cccc(Cl)c1)CN1C(=O)C(=O)c2ccccc21. The summed E-state index contributed by atoms with van der Waals surface area (Å²) in [5.74, 6) is -0.877. The molecule has 0 aromatic heterocycles. The molecule has 1 N–H and O–H groups in total. The zero-order valence-electron chi connectivity index (χ0n) is 12.2. The number of carbonyl (C=O) groups is 2. The maximum Gasteiger partial charge on any atom is 0.303 e. The Morgan fingerprint density at radius 1 is 1.09 bits per heavy atom. The van der Waals surface area contributed by atoms with Crippen LogP contribution in [0.4, 0.5) is 5.69 Å². The lowest BCUT2D eigenvalue weighted by atomic mass is 10.1. The monoisotopic (exact) mass is 315 g/mol. The molecule has 0 radical (unpaired) electrons. The van der Waals surface area contributed by atoms with E-state index in [1.54, 1.807) is 17.0 Å². The van der Waals surface area contributed by atoms with E-state index in [0.29, 0.717) is 22.9 Å². The van der Waals surface area contributed by atoms with Crippen molar-refractivity contribution in [3.8, 4) is 0 Å². The van der Waals surface area contributed by atoms with Crippen molar-refractivity contribution in [3.63, 3.8) is 0 Å². The van der Waals surface area contributed by atoms with Crippen molar-refractivity contribution < 1.29 is 14.5 Å². The first kappa shape index (κ1) is 14.8. The van der Waals surface area contributed by atoms with Crippen molar-refractivity contribution in [1.82, 2.24) is 0 Å². The minimum absolute atomic E-state index is 0.425. The van der Waals surface area contributed by atoms with Gasteiger partial charge in [-0.2, -0.15) is 0 Å². The van der Waals surface area contributed by atoms with Gasteiger partial charge in [-0.25, -0.2) is 0 Å². The molecule has 4 nitrogen and oxygen atoms in total. The van der Waals surface area contributed by atoms with Gasteiger partial charge in [-0.3, -0.25) is 14.5 Å². The van der Waals surface area contributed by atoms with E-state index in [1.807, 2.05) is 43.4 Å². The van der Waals surface area contributed by atoms with Crippen LogP contribution in [0, 0.1) is 0 Å². The van der Waals surface area contributed by atoms with E-state index in [0.717, 1.165) is 17.0 Å². The lowest BCUT2D eigenvalue weighted by Gasteiger charge is -2.21. The van der Waals surface area contributed by atoms with Gasteiger partial charge in [0.15, 0.2) is 6.67 Å². The van der Waals surface area contributed by atoms with Crippen molar-refractivity contribution in [2.75, 3.05) is 18.6 Å². The lowest BCUT2D eigenvalue weighted by molar-refractivity contribution is -0.892. The van der Waals surface area contributed by atoms with E-state index in [4.69, 9.17) is 11.6 Å². The summed E-state index contributed by atoms with van der Waals surface area (Å²) in [5.41, 5.74) is 2.28. The number of hydrogen-bond acceptors (Lipinski definition) is 2. The summed E-state index contributed by atoms with van der Waals surface area (Å²) >= 11 is 5.99. The number of ketones is 1. The zero-order valence-corrected chi connectivity index (χ0v) is 12.9. The predicted molar refractivity (Wildman–Crippen MR) is 85.2 cm³/mol. The number of Topliss-reactive ketones (excluding diaryl/α,β-unsaturated/α-hetero) is 1. The van der Waals surface area contributed by atoms with E-state index < -0.39 is 11.7 Å². The summed E-state index contributed by atoms with van der Waals surface area (Å²) in [6.07, 6.45) is 0. The number of fused-ring (bicyclic) bond motifs is 1. The molecule has 0 saturated carbocycles. The number of anilines is 1. The zero-order chi connectivity index (χ0) is 15.7. The van der Waals surface area contributed by atoms with Gasteiger partial charge in [-0.15, -0.1) is 0 Å². The topological polar surface area (TPSA) is 41.8 Å². The number of carbonyl (C=O) groups excluding carboxylic acids is 2. The molecular formula is C17H16ClN2O2+. The largest absolute Gasteiger partial charge is 0.316 e. The van der Waals surface area contributed by atoms with E-state index in [9.17, 15) is 9.59 Å². The van der Waals surface area contributed by atoms with Crippen molar-refractivity contribution >= 4 is 29.0 Å². The van der Waals surface area contributed by atoms with Gasteiger partial charge in [0.1, 0.15) is 6.54 Å². The Balaban J connectivity index is 1.76. The minimum atomic E-state index is -0.452. The smallest absolute Gasteiger partial charge is 0.303 e. The van der Waals surface area contributed by atoms with Crippen molar-refractivity contribution in [2.24, 2.45) is 0 Å². The summed E-state index contributed by atoms with van der Waals surface area (Å²) < 4.78 is 0. The summed E-state index contributed by atoms with van der Waals surface area (Å²) in [4.78, 5) is 26.8. The Morgan fingerprint density at radius 2 is 1.86 bits per heavy atom. The van der Waals surface area contributed by atoms with Gasteiger partial charge < -0.3 is 4.90 Å². The molecule has 0 spiro atoms. The maximum atomic E-state index is 12.1. The minimum Gasteiger partial charge on any atom is -0.316 e. The molecule has 5 heteroatoms. The van der Waals surface area contributed by atoms with Crippen molar-refractivity contribution in [3.05, 3.63) is 64.7 Å². The molecule has 22 heavy (non-hydrogen) atoms. The Morgan fingerprint density at radius 3 is 2.64 bits per heavy atom. The molecule has 112 valence electrons. The molecule has 3 rings (SSSR count). The Kier molecular flexibility index (Phi) is 3.96. The first-order valence-corrected chi connectivity index (χ1v) is 7.45. The van der Waals surface area contributed by atoms with Crippen LogP contribution in [0.5, 0.6) is 0 Å². The second-order valence-corrected chi connectivity index (χ2v) is 5.94. The second-order valence-electron chi connectivity index (χ2n) is 5.50. The number of para-hydroxylation sites is 1. The quantitative estimate of drug-likeness (QED) is 0.870. The molecule has 2 aromatic rings. The highest BCUT2D eigenvalue weighted by Crippen LogP contribution is 2.27. The van der Waals surface area contributed by atoms with E-state index >= 15 is 0 Å². The number of quaternary nitrogens is 1. The summed E-state index contributed by atoms with van der Waals surface area (Å²) in [7, 11) is 1.99. The first-order chi connectivity index (χ1) is 10.6. The van der Waals surface area contributed by atoms with Crippen LogP contribution in [-0.4, -0.2) is 25.4 Å². The average Bonchev–Trinajstić information content (AvgIpc) is 2.73. The molecule has 1 amide bonds. The molecule has 1 atom stereocenters. The molecule has 1 heterocycles. The third-order valence-corrected chi connectivity index (χ3v) is 3.94. The molecular weight excluding hydrogens is 300 g/mol. The van der Waals surface area contributed by atoms with Crippen molar-refractivity contribution in [2.45, 2.75) is 6.54 Å². The first-order valence-electron chi connectivity index (χ1n) is 7.07. The third-order valence-electron chi connectivity index (χ3n) is 3.70. The Hall–Kier alpha value is -2.17. The van der Waals surface area contributed by atoms with E-state index in [2.05, 4.69) is 0 Å². The molecule has 1 unspecified atom stereocenters. The number of benzene rings is 2. The summed E-state index contributed by atoms with van der Waals surface area (Å²) in [5, 5.41) is 0.697. The molecule has 0 aliphatic carbocycles. The van der Waals surface area contributed by atoms with Gasteiger partial charge in [0.25, 0.3) is 5.78 Å². The van der Waals surface area contributed by atoms with Gasteiger partial charge in [0.05, 0.1) is 18.3 Å². The Labute approximate surface area is 133 Å². The highest BCUT2D eigenvalue weighted by atomic mass is 35.5. The van der Waals surface area contributed by atoms with Crippen LogP contribution in [0.1, 0.15) is 15.9 Å². The molecule has 1 aliphatic heterocycles. The maximum absolute atomic E-state index is 12.1. The molecule has 1 aliphatic rings. The van der Waals surface area contributed by atoms with Gasteiger partial charge in [0, 0.05) is 10.6 Å². The fourth-order valence-corrected chi connectivity index (χ4v) is 2.94. The second kappa shape index (κ2) is 5.91. The fourth-order valence-electron chi connectivity index (χ4n) is 2.73. The predicted octanol–water partition coefficient (Wildman–Crippen LogP) is 1.54. The number of rotatable bonds is 4. The van der Waals surface area contributed by atoms with Crippen LogP contribution in [0.15, 0.2) is 48.5 Å². The average molecular weight is 316 g/mol. The van der Waals surface area contributed by atoms with Crippen LogP contribution >= 0.6 is 11.6 Å². The van der Waals surface area contributed by atoms with Gasteiger partial charge in [-0.05, 0) is 24.3 Å². The van der Waals surface area contributed by atoms with E-state index in [1.165, 1.54) is 0 Å². The fraction of sp³-hybridized carbons (Fsp3) is 0.176. The normalized spacial score (nSPS) is 15.1. The number of nitrogens with one attached hydrogen (secondary N) is 1. The molecule has 0 bridgehead atoms. The van der Waals surface area contributed by atoms with Gasteiger partial charge in [0.2, 0.25) is 0 Å². The molecule has 2 aromatic carbocycles. The summed E-state index contributed by atoms with van der Waals surface area (Å²) in [6, 6.07) is 14.8. The van der Waals surface area contributed by atoms with Crippen LogP contribution in [0.25, 0.3) is 0 Å². The number of amides is 1.